The van der Waals surface area contributed by atoms with Gasteiger partial charge in [0.25, 0.3) is 11.8 Å². The number of unbranched alkanes of at least 4 members (excludes halogenated alkanes) is 4. The van der Waals surface area contributed by atoms with Crippen molar-refractivity contribution < 1.29 is 38.2 Å². The molecule has 1 saturated heterocycles. The van der Waals surface area contributed by atoms with Crippen molar-refractivity contribution in [1.29, 1.82) is 0 Å². The second-order valence-electron chi connectivity index (χ2n) is 11.7. The molecular weight excluding hydrogens is 542 g/mol. The molecule has 42 heavy (non-hydrogen) atoms. The Kier molecular flexibility index (Phi) is 12.9. The number of carbonyl (C=O) groups is 5. The van der Waals surface area contributed by atoms with E-state index in [0.717, 1.165) is 55.5 Å². The van der Waals surface area contributed by atoms with Crippen molar-refractivity contribution in [1.82, 2.24) is 10.2 Å². The van der Waals surface area contributed by atoms with Gasteiger partial charge in [-0.3, -0.25) is 34.2 Å². The van der Waals surface area contributed by atoms with E-state index in [2.05, 4.69) is 10.6 Å². The summed E-state index contributed by atoms with van der Waals surface area (Å²) in [5.74, 6) is -2.17. The van der Waals surface area contributed by atoms with Gasteiger partial charge in [0.1, 0.15) is 11.6 Å². The van der Waals surface area contributed by atoms with E-state index >= 15 is 0 Å². The molecule has 2 N–H and O–H groups in total. The summed E-state index contributed by atoms with van der Waals surface area (Å²) >= 11 is 0. The molecule has 0 aliphatic carbocycles. The fourth-order valence-corrected chi connectivity index (χ4v) is 4.80. The van der Waals surface area contributed by atoms with Gasteiger partial charge in [-0.2, -0.15) is 0 Å². The van der Waals surface area contributed by atoms with Gasteiger partial charge in [0.05, 0.1) is 11.1 Å². The maximum Gasteiger partial charge on any atom is 0.306 e. The van der Waals surface area contributed by atoms with Crippen LogP contribution < -0.4 is 10.6 Å². The topological polar surface area (TPSA) is 140 Å². The molecule has 1 fully saturated rings. The minimum atomic E-state index is -0.965. The Morgan fingerprint density at radius 1 is 0.881 bits per heavy atom. The van der Waals surface area contributed by atoms with Crippen molar-refractivity contribution >= 4 is 35.3 Å². The van der Waals surface area contributed by atoms with Crippen LogP contribution in [0.5, 0.6) is 0 Å². The molecular formula is C31H45N3O8. The number of anilines is 1. The number of ether oxygens (including phenoxy) is 3. The molecule has 11 heteroatoms. The van der Waals surface area contributed by atoms with Gasteiger partial charge in [0, 0.05) is 51.5 Å². The highest BCUT2D eigenvalue weighted by Gasteiger charge is 2.44. The van der Waals surface area contributed by atoms with E-state index in [9.17, 15) is 24.0 Å². The van der Waals surface area contributed by atoms with Crippen LogP contribution in [0.2, 0.25) is 0 Å². The first-order valence-corrected chi connectivity index (χ1v) is 15.0. The lowest BCUT2D eigenvalue weighted by atomic mass is 10.0. The number of carbonyl (C=O) groups excluding carboxylic acids is 5. The summed E-state index contributed by atoms with van der Waals surface area (Å²) in [7, 11) is 0. The predicted octanol–water partition coefficient (Wildman–Crippen LogP) is 4.00. The maximum absolute atomic E-state index is 12.9. The standard InChI is InChI=1S/C31H45N3O8/c1-31(2,3)42-27(36)11-5-4-7-17-40-19-9-10-20-41-18-8-6-16-32-22-12-13-23-24(21-22)30(39)34(29(23)38)25-14-15-26(35)33-28(25)37/h12-13,21,25,32H,4-11,14-20H2,1-3H3,(H,33,35,37). The van der Waals surface area contributed by atoms with Gasteiger partial charge in [-0.15, -0.1) is 0 Å². The normalized spacial score (nSPS) is 16.9. The van der Waals surface area contributed by atoms with E-state index < -0.39 is 35.3 Å². The van der Waals surface area contributed by atoms with E-state index in [-0.39, 0.29) is 29.9 Å². The minimum absolute atomic E-state index is 0.0930. The Morgan fingerprint density at radius 3 is 2.14 bits per heavy atom. The zero-order valence-corrected chi connectivity index (χ0v) is 25.1. The molecule has 0 aromatic heterocycles. The van der Waals surface area contributed by atoms with Crippen LogP contribution in [0, 0.1) is 0 Å². The van der Waals surface area contributed by atoms with Crippen LogP contribution in [0.4, 0.5) is 5.69 Å². The number of rotatable bonds is 18. The van der Waals surface area contributed by atoms with Crippen molar-refractivity contribution in [3.63, 3.8) is 0 Å². The first kappa shape index (κ1) is 33.2. The van der Waals surface area contributed by atoms with E-state index in [1.165, 1.54) is 0 Å². The number of imide groups is 2. The quantitative estimate of drug-likeness (QED) is 0.148. The lowest BCUT2D eigenvalue weighted by Crippen LogP contribution is -2.54. The molecule has 3 rings (SSSR count). The highest BCUT2D eigenvalue weighted by atomic mass is 16.6. The summed E-state index contributed by atoms with van der Waals surface area (Å²) in [6, 6.07) is 4.03. The average molecular weight is 588 g/mol. The molecule has 2 heterocycles. The number of hydrogen-bond acceptors (Lipinski definition) is 9. The molecule has 2 aliphatic rings. The molecule has 0 saturated carbocycles. The van der Waals surface area contributed by atoms with Gasteiger partial charge in [0.15, 0.2) is 0 Å². The van der Waals surface area contributed by atoms with Gasteiger partial charge in [-0.25, -0.2) is 0 Å². The fourth-order valence-electron chi connectivity index (χ4n) is 4.80. The van der Waals surface area contributed by atoms with Crippen molar-refractivity contribution in [3.8, 4) is 0 Å². The Balaban J connectivity index is 1.18. The van der Waals surface area contributed by atoms with Crippen molar-refractivity contribution in [2.24, 2.45) is 0 Å². The van der Waals surface area contributed by atoms with Crippen LogP contribution in [-0.4, -0.2) is 79.1 Å². The first-order chi connectivity index (χ1) is 20.1. The lowest BCUT2D eigenvalue weighted by molar-refractivity contribution is -0.155. The van der Waals surface area contributed by atoms with Gasteiger partial charge >= 0.3 is 5.97 Å². The summed E-state index contributed by atoms with van der Waals surface area (Å²) in [5, 5.41) is 5.48. The van der Waals surface area contributed by atoms with Crippen LogP contribution in [0.25, 0.3) is 0 Å². The van der Waals surface area contributed by atoms with Crippen molar-refractivity contribution in [3.05, 3.63) is 29.3 Å². The first-order valence-electron chi connectivity index (χ1n) is 15.0. The van der Waals surface area contributed by atoms with Crippen molar-refractivity contribution in [2.75, 3.05) is 38.3 Å². The molecule has 232 valence electrons. The third-order valence-corrected chi connectivity index (χ3v) is 6.90. The monoisotopic (exact) mass is 587 g/mol. The van der Waals surface area contributed by atoms with Crippen LogP contribution >= 0.6 is 0 Å². The zero-order valence-electron chi connectivity index (χ0n) is 25.1. The highest BCUT2D eigenvalue weighted by molar-refractivity contribution is 6.23. The fraction of sp³-hybridized carbons (Fsp3) is 0.645. The maximum atomic E-state index is 12.9. The third-order valence-electron chi connectivity index (χ3n) is 6.90. The molecule has 11 nitrogen and oxygen atoms in total. The summed E-state index contributed by atoms with van der Waals surface area (Å²) in [6.07, 6.45) is 7.04. The number of piperidine rings is 1. The number of benzene rings is 1. The van der Waals surface area contributed by atoms with Crippen LogP contribution in [0.3, 0.4) is 0 Å². The largest absolute Gasteiger partial charge is 0.460 e. The van der Waals surface area contributed by atoms with Gasteiger partial charge in [-0.1, -0.05) is 6.42 Å². The summed E-state index contributed by atoms with van der Waals surface area (Å²) in [5.41, 5.74) is 0.833. The average Bonchev–Trinajstić information content (AvgIpc) is 3.16. The zero-order chi connectivity index (χ0) is 30.5. The second-order valence-corrected chi connectivity index (χ2v) is 11.7. The Labute approximate surface area is 248 Å². The van der Waals surface area contributed by atoms with E-state index in [0.29, 0.717) is 39.4 Å². The van der Waals surface area contributed by atoms with Crippen LogP contribution in [-0.2, 0) is 28.6 Å². The molecule has 0 bridgehead atoms. The predicted molar refractivity (Wildman–Crippen MR) is 156 cm³/mol. The Hall–Kier alpha value is -3.31. The number of nitrogens with one attached hydrogen (secondary N) is 2. The minimum Gasteiger partial charge on any atom is -0.460 e. The molecule has 0 radical (unpaired) electrons. The molecule has 1 atom stereocenters. The number of esters is 1. The van der Waals surface area contributed by atoms with Gasteiger partial charge in [-0.05, 0) is 83.9 Å². The van der Waals surface area contributed by atoms with Crippen LogP contribution in [0.15, 0.2) is 18.2 Å². The molecule has 1 aromatic rings. The molecule has 1 aromatic carbocycles. The Bertz CT molecular complexity index is 1110. The van der Waals surface area contributed by atoms with Gasteiger partial charge < -0.3 is 19.5 Å². The second kappa shape index (κ2) is 16.4. The number of fused-ring (bicyclic) bond motifs is 1. The SMILES string of the molecule is CC(C)(C)OC(=O)CCCCCOCCCCOCCCCNc1ccc2c(c1)C(=O)N(C1CCC(=O)NC1=O)C2=O. The Morgan fingerprint density at radius 2 is 1.50 bits per heavy atom. The van der Waals surface area contributed by atoms with Gasteiger partial charge in [0.2, 0.25) is 11.8 Å². The number of hydrogen-bond donors (Lipinski definition) is 2. The summed E-state index contributed by atoms with van der Waals surface area (Å²) < 4.78 is 16.7. The molecule has 0 spiro atoms. The molecule has 4 amide bonds. The van der Waals surface area contributed by atoms with Crippen LogP contribution in [0.1, 0.15) is 106 Å². The summed E-state index contributed by atoms with van der Waals surface area (Å²) in [6.45, 7) is 9.08. The molecule has 2 aliphatic heterocycles. The lowest BCUT2D eigenvalue weighted by Gasteiger charge is -2.27. The van der Waals surface area contributed by atoms with E-state index in [4.69, 9.17) is 14.2 Å². The number of amides is 4. The van der Waals surface area contributed by atoms with E-state index in [1.54, 1.807) is 18.2 Å². The van der Waals surface area contributed by atoms with Crippen molar-refractivity contribution in [2.45, 2.75) is 96.6 Å². The smallest absolute Gasteiger partial charge is 0.306 e. The third kappa shape index (κ3) is 10.5. The number of nitrogens with zero attached hydrogens (tertiary/aromatic N) is 1. The molecule has 1 unspecified atom stereocenters. The summed E-state index contributed by atoms with van der Waals surface area (Å²) in [4.78, 5) is 62.0. The van der Waals surface area contributed by atoms with E-state index in [1.807, 2.05) is 20.8 Å². The highest BCUT2D eigenvalue weighted by Crippen LogP contribution is 2.29.